The molecule has 0 spiro atoms. The number of fused-ring (bicyclic) bond motifs is 1. The van der Waals surface area contributed by atoms with E-state index in [4.69, 9.17) is 18.6 Å². The van der Waals surface area contributed by atoms with Gasteiger partial charge in [0.2, 0.25) is 11.2 Å². The second-order valence-electron chi connectivity index (χ2n) is 5.63. The van der Waals surface area contributed by atoms with E-state index in [9.17, 15) is 18.0 Å². The predicted octanol–water partition coefficient (Wildman–Crippen LogP) is 4.93. The number of aryl methyl sites for hydroxylation is 1. The molecule has 1 aromatic heterocycles. The molecule has 0 aliphatic carbocycles. The largest absolute Gasteiger partial charge is 0.497 e. The van der Waals surface area contributed by atoms with Gasteiger partial charge < -0.3 is 18.6 Å². The van der Waals surface area contributed by atoms with E-state index in [0.29, 0.717) is 11.5 Å². The maximum absolute atomic E-state index is 13.5. The SMILES string of the molecule is COc1ccc(Oc2c(C(F)(F)F)oc3c(C)c(OC)ccc3c2=O)cc1. The van der Waals surface area contributed by atoms with Gasteiger partial charge in [-0.05, 0) is 43.3 Å². The lowest BCUT2D eigenvalue weighted by molar-refractivity contribution is -0.154. The lowest BCUT2D eigenvalue weighted by atomic mass is 10.1. The first kappa shape index (κ1) is 18.6. The lowest BCUT2D eigenvalue weighted by Crippen LogP contribution is -2.16. The Morgan fingerprint density at radius 3 is 2.11 bits per heavy atom. The fraction of sp³-hybridized carbons (Fsp3) is 0.211. The molecule has 0 unspecified atom stereocenters. The molecule has 0 aliphatic heterocycles. The molecular formula is C19H15F3O5. The van der Waals surface area contributed by atoms with Crippen molar-refractivity contribution >= 4 is 11.0 Å². The van der Waals surface area contributed by atoms with Gasteiger partial charge >= 0.3 is 6.18 Å². The molecular weight excluding hydrogens is 365 g/mol. The van der Waals surface area contributed by atoms with E-state index in [2.05, 4.69) is 0 Å². The monoisotopic (exact) mass is 380 g/mol. The van der Waals surface area contributed by atoms with Crippen LogP contribution in [0.25, 0.3) is 11.0 Å². The number of methoxy groups -OCH3 is 2. The summed E-state index contributed by atoms with van der Waals surface area (Å²) in [6.07, 6.45) is -4.93. The molecule has 0 atom stereocenters. The summed E-state index contributed by atoms with van der Waals surface area (Å²) in [7, 11) is 2.82. The molecule has 0 radical (unpaired) electrons. The Kier molecular flexibility index (Phi) is 4.73. The van der Waals surface area contributed by atoms with Crippen LogP contribution in [0.15, 0.2) is 45.6 Å². The van der Waals surface area contributed by atoms with Crippen LogP contribution in [-0.4, -0.2) is 14.2 Å². The molecule has 0 saturated carbocycles. The van der Waals surface area contributed by atoms with Crippen LogP contribution in [0.2, 0.25) is 0 Å². The van der Waals surface area contributed by atoms with Gasteiger partial charge in [-0.25, -0.2) is 0 Å². The fourth-order valence-corrected chi connectivity index (χ4v) is 2.62. The zero-order valence-electron chi connectivity index (χ0n) is 14.6. The molecule has 0 saturated heterocycles. The van der Waals surface area contributed by atoms with Crippen LogP contribution in [-0.2, 0) is 6.18 Å². The van der Waals surface area contributed by atoms with Crippen molar-refractivity contribution in [2.75, 3.05) is 14.2 Å². The third-order valence-corrected chi connectivity index (χ3v) is 3.97. The number of ether oxygens (including phenoxy) is 3. The van der Waals surface area contributed by atoms with Gasteiger partial charge in [0, 0.05) is 5.56 Å². The summed E-state index contributed by atoms with van der Waals surface area (Å²) in [5.74, 6) is -1.59. The quantitative estimate of drug-likeness (QED) is 0.642. The van der Waals surface area contributed by atoms with Gasteiger partial charge in [-0.3, -0.25) is 4.79 Å². The summed E-state index contributed by atoms with van der Waals surface area (Å²) < 4.78 is 61.0. The normalized spacial score (nSPS) is 11.5. The van der Waals surface area contributed by atoms with Gasteiger partial charge in [0.1, 0.15) is 22.8 Å². The maximum Gasteiger partial charge on any atom is 0.453 e. The molecule has 8 heteroatoms. The van der Waals surface area contributed by atoms with E-state index in [1.54, 1.807) is 0 Å². The zero-order chi connectivity index (χ0) is 19.8. The molecule has 27 heavy (non-hydrogen) atoms. The standard InChI is InChI=1S/C19H15F3O5/c1-10-14(25-3)9-8-13-15(23)17(18(19(20,21)22)27-16(10)13)26-12-6-4-11(24-2)5-7-12/h4-9H,1-3H3. The number of hydrogen-bond donors (Lipinski definition) is 0. The van der Waals surface area contributed by atoms with Crippen LogP contribution in [0, 0.1) is 6.92 Å². The second-order valence-corrected chi connectivity index (χ2v) is 5.63. The molecule has 0 aliphatic rings. The van der Waals surface area contributed by atoms with Crippen LogP contribution >= 0.6 is 0 Å². The van der Waals surface area contributed by atoms with Crippen molar-refractivity contribution in [2.45, 2.75) is 13.1 Å². The van der Waals surface area contributed by atoms with Crippen molar-refractivity contribution in [3.05, 3.63) is 57.9 Å². The van der Waals surface area contributed by atoms with Gasteiger partial charge in [-0.1, -0.05) is 0 Å². The predicted molar refractivity (Wildman–Crippen MR) is 91.8 cm³/mol. The Hall–Kier alpha value is -3.16. The molecule has 142 valence electrons. The minimum absolute atomic E-state index is 0.0372. The van der Waals surface area contributed by atoms with Crippen molar-refractivity contribution in [1.29, 1.82) is 0 Å². The molecule has 1 heterocycles. The van der Waals surface area contributed by atoms with E-state index in [1.165, 1.54) is 57.5 Å². The van der Waals surface area contributed by atoms with E-state index in [0.717, 1.165) is 0 Å². The Balaban J connectivity index is 2.23. The molecule has 3 rings (SSSR count). The lowest BCUT2D eigenvalue weighted by Gasteiger charge is -2.15. The minimum Gasteiger partial charge on any atom is -0.497 e. The first-order valence-corrected chi connectivity index (χ1v) is 7.79. The molecule has 0 fully saturated rings. The number of rotatable bonds is 4. The Morgan fingerprint density at radius 2 is 1.56 bits per heavy atom. The molecule has 0 amide bonds. The van der Waals surface area contributed by atoms with Crippen LogP contribution in [0.3, 0.4) is 0 Å². The van der Waals surface area contributed by atoms with Gasteiger partial charge in [-0.15, -0.1) is 0 Å². The highest BCUT2D eigenvalue weighted by Crippen LogP contribution is 2.39. The van der Waals surface area contributed by atoms with Crippen molar-refractivity contribution in [1.82, 2.24) is 0 Å². The van der Waals surface area contributed by atoms with Crippen molar-refractivity contribution in [2.24, 2.45) is 0 Å². The highest BCUT2D eigenvalue weighted by atomic mass is 19.4. The molecule has 0 N–H and O–H groups in total. The number of alkyl halides is 3. The topological polar surface area (TPSA) is 57.9 Å². The number of hydrogen-bond acceptors (Lipinski definition) is 5. The average molecular weight is 380 g/mol. The molecule has 2 aromatic carbocycles. The Morgan fingerprint density at radius 1 is 0.926 bits per heavy atom. The summed E-state index contributed by atoms with van der Waals surface area (Å²) in [5, 5.41) is -0.0372. The zero-order valence-corrected chi connectivity index (χ0v) is 14.6. The third-order valence-electron chi connectivity index (χ3n) is 3.97. The Bertz CT molecular complexity index is 1040. The third kappa shape index (κ3) is 3.42. The molecule has 5 nitrogen and oxygen atoms in total. The van der Waals surface area contributed by atoms with Crippen molar-refractivity contribution in [3.8, 4) is 23.0 Å². The molecule has 3 aromatic rings. The van der Waals surface area contributed by atoms with Crippen molar-refractivity contribution in [3.63, 3.8) is 0 Å². The van der Waals surface area contributed by atoms with Crippen LogP contribution in [0.4, 0.5) is 13.2 Å². The highest BCUT2D eigenvalue weighted by molar-refractivity contribution is 5.83. The van der Waals surface area contributed by atoms with Gasteiger partial charge in [0.05, 0.1) is 19.6 Å². The first-order valence-electron chi connectivity index (χ1n) is 7.79. The smallest absolute Gasteiger partial charge is 0.453 e. The van der Waals surface area contributed by atoms with Crippen LogP contribution < -0.4 is 19.6 Å². The summed E-state index contributed by atoms with van der Waals surface area (Å²) in [6, 6.07) is 8.61. The van der Waals surface area contributed by atoms with E-state index < -0.39 is 23.1 Å². The summed E-state index contributed by atoms with van der Waals surface area (Å²) in [4.78, 5) is 12.7. The van der Waals surface area contributed by atoms with Gasteiger partial charge in [0.15, 0.2) is 0 Å². The maximum atomic E-state index is 13.5. The summed E-state index contributed by atoms with van der Waals surface area (Å²) >= 11 is 0. The Labute approximate surface area is 151 Å². The highest BCUT2D eigenvalue weighted by Gasteiger charge is 2.40. The summed E-state index contributed by atoms with van der Waals surface area (Å²) in [6.45, 7) is 1.51. The number of benzene rings is 2. The second kappa shape index (κ2) is 6.86. The van der Waals surface area contributed by atoms with E-state index in [1.807, 2.05) is 0 Å². The fourth-order valence-electron chi connectivity index (χ4n) is 2.62. The van der Waals surface area contributed by atoms with Crippen LogP contribution in [0.1, 0.15) is 11.3 Å². The number of halogens is 3. The van der Waals surface area contributed by atoms with Crippen LogP contribution in [0.5, 0.6) is 23.0 Å². The van der Waals surface area contributed by atoms with E-state index >= 15 is 0 Å². The first-order chi connectivity index (χ1) is 12.8. The summed E-state index contributed by atoms with van der Waals surface area (Å²) in [5.41, 5.74) is -0.840. The average Bonchev–Trinajstić information content (AvgIpc) is 2.64. The molecule has 0 bridgehead atoms. The van der Waals surface area contributed by atoms with E-state index in [-0.39, 0.29) is 22.3 Å². The van der Waals surface area contributed by atoms with Gasteiger partial charge in [-0.2, -0.15) is 13.2 Å². The van der Waals surface area contributed by atoms with Crippen molar-refractivity contribution < 1.29 is 31.8 Å². The minimum atomic E-state index is -4.93. The van der Waals surface area contributed by atoms with Gasteiger partial charge in [0.25, 0.3) is 5.76 Å².